The molecular formula is C24H22F5N8O2+. The maximum atomic E-state index is 15.3. The van der Waals surface area contributed by atoms with Crippen molar-refractivity contribution in [3.8, 4) is 23.1 Å². The number of aromatic nitrogens is 6. The second kappa shape index (κ2) is 9.75. The number of hydrogen-bond donors (Lipinski definition) is 0. The van der Waals surface area contributed by atoms with Crippen LogP contribution in [0.4, 0.5) is 27.9 Å². The van der Waals surface area contributed by atoms with Crippen LogP contribution in [0.15, 0.2) is 24.4 Å². The molecule has 10 nitrogen and oxygen atoms in total. The first-order chi connectivity index (χ1) is 18.5. The monoisotopic (exact) mass is 549 g/mol. The zero-order chi connectivity index (χ0) is 28.1. The number of amides is 1. The Kier molecular flexibility index (Phi) is 6.57. The summed E-state index contributed by atoms with van der Waals surface area (Å²) in [5.74, 6) is -6.20. The molecule has 4 aromatic rings. The summed E-state index contributed by atoms with van der Waals surface area (Å²) < 4.78 is 78.5. The van der Waals surface area contributed by atoms with Crippen molar-refractivity contribution in [2.75, 3.05) is 20.2 Å². The number of alkyl halides is 4. The van der Waals surface area contributed by atoms with Gasteiger partial charge in [-0.05, 0) is 36.0 Å². The Morgan fingerprint density at radius 1 is 1.31 bits per heavy atom. The average molecular weight is 549 g/mol. The van der Waals surface area contributed by atoms with Crippen molar-refractivity contribution in [3.63, 3.8) is 0 Å². The fourth-order valence-electron chi connectivity index (χ4n) is 4.48. The Morgan fingerprint density at radius 2 is 2.08 bits per heavy atom. The van der Waals surface area contributed by atoms with E-state index in [9.17, 15) is 22.4 Å². The normalized spacial score (nSPS) is 17.9. The van der Waals surface area contributed by atoms with E-state index in [-0.39, 0.29) is 41.4 Å². The second-order valence-electron chi connectivity index (χ2n) is 9.16. The second-order valence-corrected chi connectivity index (χ2v) is 9.16. The lowest BCUT2D eigenvalue weighted by Gasteiger charge is -2.34. The molecule has 1 aliphatic rings. The molecule has 0 spiro atoms. The van der Waals surface area contributed by atoms with Crippen molar-refractivity contribution in [1.82, 2.24) is 34.5 Å². The molecular weight excluding hydrogens is 527 g/mol. The summed E-state index contributed by atoms with van der Waals surface area (Å²) in [6.45, 7) is 1.89. The van der Waals surface area contributed by atoms with Crippen LogP contribution in [0, 0.1) is 17.8 Å². The first kappa shape index (κ1) is 26.3. The van der Waals surface area contributed by atoms with Gasteiger partial charge >= 0.3 is 11.8 Å². The van der Waals surface area contributed by atoms with E-state index in [4.69, 9.17) is 4.74 Å². The Hall–Kier alpha value is -4.35. The third-order valence-corrected chi connectivity index (χ3v) is 6.61. The minimum absolute atomic E-state index is 0.0221. The Balaban J connectivity index is 1.54. The molecule has 0 aliphatic carbocycles. The lowest BCUT2D eigenvalue weighted by Crippen LogP contribution is -2.49. The maximum absolute atomic E-state index is 15.3. The number of carbonyl (C=O) groups is 1. The van der Waals surface area contributed by atoms with Crippen LogP contribution in [-0.4, -0.2) is 72.9 Å². The zero-order valence-electron chi connectivity index (χ0n) is 20.9. The highest BCUT2D eigenvalue weighted by atomic mass is 19.3. The van der Waals surface area contributed by atoms with Crippen molar-refractivity contribution in [2.24, 2.45) is 5.92 Å². The molecule has 1 aliphatic heterocycles. The Morgan fingerprint density at radius 3 is 2.74 bits per heavy atom. The number of halogens is 5. The van der Waals surface area contributed by atoms with Crippen LogP contribution in [0.25, 0.3) is 32.5 Å². The van der Waals surface area contributed by atoms with Gasteiger partial charge in [0.1, 0.15) is 23.5 Å². The lowest BCUT2D eigenvalue weighted by atomic mass is 9.94. The first-order valence-corrected chi connectivity index (χ1v) is 11.9. The van der Waals surface area contributed by atoms with Crippen LogP contribution in [0.1, 0.15) is 26.3 Å². The highest BCUT2D eigenvalue weighted by Crippen LogP contribution is 2.37. The van der Waals surface area contributed by atoms with E-state index >= 15 is 4.39 Å². The number of carbonyl (C=O) groups excluding carboxylic acids is 1. The fourth-order valence-corrected chi connectivity index (χ4v) is 4.48. The van der Waals surface area contributed by atoms with Crippen LogP contribution < -0.4 is 4.74 Å². The molecule has 4 heterocycles. The summed E-state index contributed by atoms with van der Waals surface area (Å²) in [6, 6.07) is 5.64. The SMILES string of the molecule is COc1nc([N+]#C[C@@H]2CCN(C(C)=O)CC2(F)F)nn2cc(F)c(-c3ccc4nnn([C@@H](C)C(F)F)c4c3)c12. The number of nitrogens with zero attached hydrogens (tertiary/aromatic N) is 8. The molecule has 0 unspecified atom stereocenters. The Labute approximate surface area is 217 Å². The van der Waals surface area contributed by atoms with Crippen molar-refractivity contribution in [1.29, 1.82) is 0 Å². The lowest BCUT2D eigenvalue weighted by molar-refractivity contribution is -0.143. The standard InChI is InChI=1S/C24H22F5N8O2/c1-12(21(26)27)37-18-8-14(4-5-17(18)32-34-37)19-16(25)10-36-20(19)22(39-3)31-23(33-36)30-9-15-6-7-35(13(2)38)11-24(15,28)29/h4-5,8,10,12,15,21H,6-7,11H2,1-3H3/q+1/t12-,15-/m0/s1. The number of fused-ring (bicyclic) bond motifs is 2. The van der Waals surface area contributed by atoms with Gasteiger partial charge in [0.2, 0.25) is 5.91 Å². The third kappa shape index (κ3) is 4.70. The van der Waals surface area contributed by atoms with Gasteiger partial charge in [0.25, 0.3) is 12.3 Å². The molecule has 15 heteroatoms. The van der Waals surface area contributed by atoms with Gasteiger partial charge in [-0.1, -0.05) is 11.3 Å². The van der Waals surface area contributed by atoms with Crippen LogP contribution in [-0.2, 0) is 4.79 Å². The summed E-state index contributed by atoms with van der Waals surface area (Å²) >= 11 is 0. The van der Waals surface area contributed by atoms with Crippen molar-refractivity contribution in [3.05, 3.63) is 35.1 Å². The molecule has 0 N–H and O–H groups in total. The molecule has 0 saturated carbocycles. The molecule has 1 aromatic carbocycles. The topological polar surface area (TPSA) is 94.8 Å². The van der Waals surface area contributed by atoms with E-state index in [1.165, 1.54) is 33.1 Å². The van der Waals surface area contributed by atoms with Gasteiger partial charge < -0.3 is 9.64 Å². The fraction of sp³-hybridized carbons (Fsp3) is 0.417. The van der Waals surface area contributed by atoms with Crippen molar-refractivity contribution in [2.45, 2.75) is 38.7 Å². The van der Waals surface area contributed by atoms with Gasteiger partial charge in [0, 0.05) is 18.6 Å². The highest BCUT2D eigenvalue weighted by molar-refractivity contribution is 5.90. The van der Waals surface area contributed by atoms with Gasteiger partial charge in [-0.25, -0.2) is 26.6 Å². The zero-order valence-corrected chi connectivity index (χ0v) is 20.9. The van der Waals surface area contributed by atoms with Gasteiger partial charge in [0.05, 0.1) is 30.9 Å². The maximum Gasteiger partial charge on any atom is 0.554 e. The van der Waals surface area contributed by atoms with E-state index in [2.05, 4.69) is 31.3 Å². The largest absolute Gasteiger partial charge is 0.554 e. The number of methoxy groups -OCH3 is 1. The molecule has 2 atom stereocenters. The smallest absolute Gasteiger partial charge is 0.467 e. The molecule has 204 valence electrons. The van der Waals surface area contributed by atoms with E-state index < -0.39 is 42.6 Å². The minimum Gasteiger partial charge on any atom is -0.467 e. The molecule has 1 fully saturated rings. The van der Waals surface area contributed by atoms with Crippen LogP contribution >= 0.6 is 0 Å². The Bertz CT molecular complexity index is 1640. The van der Waals surface area contributed by atoms with E-state index in [1.807, 2.05) is 0 Å². The summed E-state index contributed by atoms with van der Waals surface area (Å²) in [5, 5.41) is 11.8. The summed E-state index contributed by atoms with van der Waals surface area (Å²) in [7, 11) is 1.28. The van der Waals surface area contributed by atoms with Crippen LogP contribution in [0.2, 0.25) is 0 Å². The summed E-state index contributed by atoms with van der Waals surface area (Å²) in [6.07, 6.45) is -1.72. The molecule has 0 radical (unpaired) electrons. The van der Waals surface area contributed by atoms with Crippen molar-refractivity contribution < 1.29 is 31.5 Å². The third-order valence-electron chi connectivity index (χ3n) is 6.61. The summed E-state index contributed by atoms with van der Waals surface area (Å²) in [5.41, 5.74) is 1.04. The molecule has 1 amide bonds. The average Bonchev–Trinajstić information content (AvgIpc) is 3.45. The molecule has 0 bridgehead atoms. The molecule has 3 aromatic heterocycles. The number of hydrogen-bond acceptors (Lipinski definition) is 6. The predicted octanol–water partition coefficient (Wildman–Crippen LogP) is 4.58. The van der Waals surface area contributed by atoms with E-state index in [0.29, 0.717) is 11.1 Å². The summed E-state index contributed by atoms with van der Waals surface area (Å²) in [4.78, 5) is 20.5. The van der Waals surface area contributed by atoms with Gasteiger partial charge in [0.15, 0.2) is 11.3 Å². The van der Waals surface area contributed by atoms with E-state index in [0.717, 1.165) is 20.3 Å². The van der Waals surface area contributed by atoms with Gasteiger partial charge in [-0.2, -0.15) is 9.36 Å². The van der Waals surface area contributed by atoms with Gasteiger partial charge in [-0.15, -0.1) is 5.10 Å². The van der Waals surface area contributed by atoms with E-state index in [1.54, 1.807) is 6.07 Å². The molecule has 1 saturated heterocycles. The van der Waals surface area contributed by atoms with Crippen LogP contribution in [0.3, 0.4) is 0 Å². The quantitative estimate of drug-likeness (QED) is 0.346. The highest BCUT2D eigenvalue weighted by Gasteiger charge is 2.46. The first-order valence-electron chi connectivity index (χ1n) is 11.9. The number of piperidine rings is 1. The van der Waals surface area contributed by atoms with Gasteiger partial charge in [-0.3, -0.25) is 4.79 Å². The number of benzene rings is 1. The molecule has 39 heavy (non-hydrogen) atoms. The number of ether oxygens (including phenoxy) is 1. The van der Waals surface area contributed by atoms with Crippen molar-refractivity contribution >= 4 is 28.4 Å². The predicted molar refractivity (Wildman–Crippen MR) is 129 cm³/mol. The number of likely N-dealkylation sites (tertiary alicyclic amines) is 1. The minimum atomic E-state index is -3.25. The number of rotatable bonds is 4. The molecule has 5 rings (SSSR count). The van der Waals surface area contributed by atoms with Crippen LogP contribution in [0.5, 0.6) is 5.88 Å².